The standard InChI is InChI=1S/C11H18N2OS/c1-9(2)8-10(14)12-11(15-3)13-6-4-5-7-13/h8H,4-7H2,1-3H3/b12-11-. The number of hydrogen-bond acceptors (Lipinski definition) is 2. The maximum Gasteiger partial charge on any atom is 0.272 e. The van der Waals surface area contributed by atoms with Crippen LogP contribution in [0.25, 0.3) is 0 Å². The average molecular weight is 226 g/mol. The zero-order chi connectivity index (χ0) is 11.3. The van der Waals surface area contributed by atoms with Gasteiger partial charge in [-0.1, -0.05) is 17.3 Å². The van der Waals surface area contributed by atoms with E-state index >= 15 is 0 Å². The second-order valence-electron chi connectivity index (χ2n) is 3.85. The molecule has 1 fully saturated rings. The molecule has 1 rings (SSSR count). The maximum absolute atomic E-state index is 11.5. The Bertz CT molecular complexity index is 287. The molecule has 0 aromatic carbocycles. The minimum absolute atomic E-state index is 0.147. The van der Waals surface area contributed by atoms with Crippen LogP contribution in [0.5, 0.6) is 0 Å². The SMILES string of the molecule is CS/C(=N\C(=O)C=C(C)C)N1CCCC1. The van der Waals surface area contributed by atoms with Crippen LogP contribution < -0.4 is 0 Å². The van der Waals surface area contributed by atoms with E-state index in [4.69, 9.17) is 0 Å². The molecule has 84 valence electrons. The fourth-order valence-electron chi connectivity index (χ4n) is 1.53. The summed E-state index contributed by atoms with van der Waals surface area (Å²) in [6.07, 6.45) is 5.95. The van der Waals surface area contributed by atoms with E-state index in [0.29, 0.717) is 0 Å². The third-order valence-electron chi connectivity index (χ3n) is 2.18. The number of aliphatic imine (C=N–C) groups is 1. The molecule has 0 aliphatic carbocycles. The topological polar surface area (TPSA) is 32.7 Å². The Balaban J connectivity index is 2.68. The lowest BCUT2D eigenvalue weighted by molar-refractivity contribution is -0.113. The van der Waals surface area contributed by atoms with Gasteiger partial charge in [0.15, 0.2) is 5.17 Å². The summed E-state index contributed by atoms with van der Waals surface area (Å²) >= 11 is 1.55. The summed E-state index contributed by atoms with van der Waals surface area (Å²) in [5.41, 5.74) is 0.991. The molecule has 0 spiro atoms. The molecule has 1 saturated heterocycles. The Morgan fingerprint density at radius 3 is 2.40 bits per heavy atom. The molecule has 0 N–H and O–H groups in total. The van der Waals surface area contributed by atoms with Crippen molar-refractivity contribution in [1.29, 1.82) is 0 Å². The van der Waals surface area contributed by atoms with Gasteiger partial charge in [-0.2, -0.15) is 4.99 Å². The molecule has 1 heterocycles. The van der Waals surface area contributed by atoms with Gasteiger partial charge < -0.3 is 4.90 Å². The summed E-state index contributed by atoms with van der Waals surface area (Å²) < 4.78 is 0. The van der Waals surface area contributed by atoms with Crippen LogP contribution in [0.1, 0.15) is 26.7 Å². The average Bonchev–Trinajstić information content (AvgIpc) is 2.65. The summed E-state index contributed by atoms with van der Waals surface area (Å²) in [6, 6.07) is 0. The number of amidine groups is 1. The van der Waals surface area contributed by atoms with E-state index in [1.54, 1.807) is 17.8 Å². The molecule has 1 aliphatic rings. The van der Waals surface area contributed by atoms with Crippen molar-refractivity contribution in [3.8, 4) is 0 Å². The Labute approximate surface area is 95.6 Å². The van der Waals surface area contributed by atoms with Crippen molar-refractivity contribution in [2.24, 2.45) is 4.99 Å². The summed E-state index contributed by atoms with van der Waals surface area (Å²) in [7, 11) is 0. The van der Waals surface area contributed by atoms with Gasteiger partial charge in [0.1, 0.15) is 0 Å². The molecule has 0 saturated carbocycles. The number of amides is 1. The van der Waals surface area contributed by atoms with Crippen LogP contribution in [0, 0.1) is 0 Å². The van der Waals surface area contributed by atoms with Crippen molar-refractivity contribution in [3.05, 3.63) is 11.6 Å². The third kappa shape index (κ3) is 4.08. The van der Waals surface area contributed by atoms with Crippen LogP contribution in [-0.2, 0) is 4.79 Å². The monoisotopic (exact) mass is 226 g/mol. The van der Waals surface area contributed by atoms with Gasteiger partial charge in [0, 0.05) is 19.2 Å². The highest BCUT2D eigenvalue weighted by molar-refractivity contribution is 8.13. The van der Waals surface area contributed by atoms with Crippen molar-refractivity contribution >= 4 is 22.8 Å². The fourth-order valence-corrected chi connectivity index (χ4v) is 2.15. The van der Waals surface area contributed by atoms with E-state index in [2.05, 4.69) is 9.89 Å². The van der Waals surface area contributed by atoms with Crippen LogP contribution in [0.15, 0.2) is 16.6 Å². The van der Waals surface area contributed by atoms with Gasteiger partial charge in [0.05, 0.1) is 0 Å². The maximum atomic E-state index is 11.5. The van der Waals surface area contributed by atoms with Gasteiger partial charge in [-0.25, -0.2) is 0 Å². The predicted octanol–water partition coefficient (Wildman–Crippen LogP) is 2.29. The normalized spacial score (nSPS) is 16.7. The minimum Gasteiger partial charge on any atom is -0.351 e. The molecule has 4 heteroatoms. The molecule has 0 radical (unpaired) electrons. The summed E-state index contributed by atoms with van der Waals surface area (Å²) in [4.78, 5) is 17.8. The van der Waals surface area contributed by atoms with Gasteiger partial charge in [0.2, 0.25) is 0 Å². The third-order valence-corrected chi connectivity index (χ3v) is 2.89. The second kappa shape index (κ2) is 5.95. The van der Waals surface area contributed by atoms with Crippen molar-refractivity contribution in [2.75, 3.05) is 19.3 Å². The van der Waals surface area contributed by atoms with Gasteiger partial charge in [-0.05, 0) is 32.9 Å². The zero-order valence-corrected chi connectivity index (χ0v) is 10.4. The first kappa shape index (κ1) is 12.3. The summed E-state index contributed by atoms with van der Waals surface area (Å²) in [6.45, 7) is 5.87. The summed E-state index contributed by atoms with van der Waals surface area (Å²) in [5, 5.41) is 0.856. The number of hydrogen-bond donors (Lipinski definition) is 0. The van der Waals surface area contributed by atoms with Crippen LogP contribution in [-0.4, -0.2) is 35.3 Å². The molecule has 0 aromatic rings. The molecule has 3 nitrogen and oxygen atoms in total. The van der Waals surface area contributed by atoms with E-state index in [0.717, 1.165) is 23.8 Å². The molecule has 15 heavy (non-hydrogen) atoms. The molecule has 1 aliphatic heterocycles. The van der Waals surface area contributed by atoms with Gasteiger partial charge in [-0.15, -0.1) is 0 Å². The van der Waals surface area contributed by atoms with E-state index in [1.807, 2.05) is 20.1 Å². The highest BCUT2D eigenvalue weighted by Gasteiger charge is 2.15. The van der Waals surface area contributed by atoms with E-state index in [9.17, 15) is 4.79 Å². The highest BCUT2D eigenvalue weighted by atomic mass is 32.2. The van der Waals surface area contributed by atoms with E-state index in [1.165, 1.54) is 12.8 Å². The van der Waals surface area contributed by atoms with E-state index < -0.39 is 0 Å². The first-order valence-corrected chi connectivity index (χ1v) is 6.42. The number of likely N-dealkylation sites (tertiary alicyclic amines) is 1. The molecule has 0 atom stereocenters. The zero-order valence-electron chi connectivity index (χ0n) is 9.62. The summed E-state index contributed by atoms with van der Waals surface area (Å²) in [5.74, 6) is -0.147. The van der Waals surface area contributed by atoms with Crippen LogP contribution in [0.4, 0.5) is 0 Å². The Hall–Kier alpha value is -0.770. The highest BCUT2D eigenvalue weighted by Crippen LogP contribution is 2.14. The number of carbonyl (C=O) groups is 1. The predicted molar refractivity (Wildman–Crippen MR) is 66.2 cm³/mol. The number of allylic oxidation sites excluding steroid dienone is 1. The first-order chi connectivity index (χ1) is 7.13. The van der Waals surface area contributed by atoms with Crippen molar-refractivity contribution in [3.63, 3.8) is 0 Å². The lowest BCUT2D eigenvalue weighted by Crippen LogP contribution is -2.25. The number of nitrogens with zero attached hydrogens (tertiary/aromatic N) is 2. The second-order valence-corrected chi connectivity index (χ2v) is 4.63. The Morgan fingerprint density at radius 1 is 1.33 bits per heavy atom. The first-order valence-electron chi connectivity index (χ1n) is 5.20. The number of carbonyl (C=O) groups excluding carboxylic acids is 1. The number of rotatable bonds is 1. The lowest BCUT2D eigenvalue weighted by atomic mass is 10.3. The number of thioether (sulfide) groups is 1. The van der Waals surface area contributed by atoms with Crippen LogP contribution in [0.2, 0.25) is 0 Å². The fraction of sp³-hybridized carbons (Fsp3) is 0.636. The van der Waals surface area contributed by atoms with Crippen LogP contribution >= 0.6 is 11.8 Å². The largest absolute Gasteiger partial charge is 0.351 e. The lowest BCUT2D eigenvalue weighted by Gasteiger charge is -2.17. The van der Waals surface area contributed by atoms with Gasteiger partial charge in [-0.3, -0.25) is 4.79 Å². The minimum atomic E-state index is -0.147. The molecular weight excluding hydrogens is 208 g/mol. The molecule has 0 unspecified atom stereocenters. The smallest absolute Gasteiger partial charge is 0.272 e. The Morgan fingerprint density at radius 2 is 1.93 bits per heavy atom. The molecule has 0 bridgehead atoms. The van der Waals surface area contributed by atoms with Crippen molar-refractivity contribution < 1.29 is 4.79 Å². The van der Waals surface area contributed by atoms with Crippen LogP contribution in [0.3, 0.4) is 0 Å². The van der Waals surface area contributed by atoms with Crippen molar-refractivity contribution in [1.82, 2.24) is 4.90 Å². The van der Waals surface area contributed by atoms with E-state index in [-0.39, 0.29) is 5.91 Å². The molecule has 1 amide bonds. The van der Waals surface area contributed by atoms with Crippen molar-refractivity contribution in [2.45, 2.75) is 26.7 Å². The van der Waals surface area contributed by atoms with Gasteiger partial charge in [0.25, 0.3) is 5.91 Å². The van der Waals surface area contributed by atoms with Gasteiger partial charge >= 0.3 is 0 Å². The molecule has 0 aromatic heterocycles. The molecular formula is C11H18N2OS. The quantitative estimate of drug-likeness (QED) is 0.391. The Kier molecular flexibility index (Phi) is 4.88.